The van der Waals surface area contributed by atoms with Gasteiger partial charge in [-0.15, -0.1) is 0 Å². The van der Waals surface area contributed by atoms with Crippen LogP contribution in [0.2, 0.25) is 0 Å². The van der Waals surface area contributed by atoms with Gasteiger partial charge in [0.1, 0.15) is 0 Å². The Balaban J connectivity index is 1.68. The van der Waals surface area contributed by atoms with Crippen LogP contribution in [0.1, 0.15) is 40.0 Å². The average molecular weight is 439 g/mol. The van der Waals surface area contributed by atoms with Gasteiger partial charge in [0.15, 0.2) is 0 Å². The lowest BCUT2D eigenvalue weighted by molar-refractivity contribution is 0.0527. The van der Waals surface area contributed by atoms with E-state index in [-0.39, 0.29) is 6.10 Å². The first-order chi connectivity index (χ1) is 14.4. The van der Waals surface area contributed by atoms with Crippen LogP contribution in [-0.4, -0.2) is 6.10 Å². The summed E-state index contributed by atoms with van der Waals surface area (Å²) in [6, 6.07) is 24.4. The van der Waals surface area contributed by atoms with Gasteiger partial charge in [-0.3, -0.25) is 4.57 Å². The van der Waals surface area contributed by atoms with E-state index in [1.54, 1.807) is 0 Å². The second-order valence-corrected chi connectivity index (χ2v) is 13.3. The zero-order valence-electron chi connectivity index (χ0n) is 18.0. The predicted molar refractivity (Wildman–Crippen MR) is 130 cm³/mol. The van der Waals surface area contributed by atoms with Gasteiger partial charge in [0.25, 0.3) is 6.57 Å². The third-order valence-corrected chi connectivity index (χ3v) is 10.7. The Bertz CT molecular complexity index is 1030. The van der Waals surface area contributed by atoms with E-state index >= 15 is 0 Å². The van der Waals surface area contributed by atoms with E-state index in [0.29, 0.717) is 17.8 Å². The second-order valence-electron chi connectivity index (χ2n) is 8.90. The number of benzene rings is 3. The molecule has 0 saturated heterocycles. The molecule has 158 valence electrons. The summed E-state index contributed by atoms with van der Waals surface area (Å²) in [7, 11) is 0. The standard InChI is InChI=1S/C26H31O2PS/c1-19(2)25-16-13-20(3)17-26(25)28-29(27,23-11-5-4-6-12-23)30-24-15-14-21-9-7-8-10-22(21)18-24/h4-12,14-15,18-20,25-26H,13,16-17H2,1-3H3/t20-,25+,26-,29-/m1/s1. The first kappa shape index (κ1) is 21.7. The maximum absolute atomic E-state index is 14.4. The highest BCUT2D eigenvalue weighted by molar-refractivity contribution is 8.58. The van der Waals surface area contributed by atoms with Gasteiger partial charge in [0, 0.05) is 10.2 Å². The maximum Gasteiger partial charge on any atom is 0.291 e. The zero-order chi connectivity index (χ0) is 21.1. The van der Waals surface area contributed by atoms with Gasteiger partial charge in [-0.1, -0.05) is 75.7 Å². The fourth-order valence-electron chi connectivity index (χ4n) is 4.52. The van der Waals surface area contributed by atoms with E-state index in [9.17, 15) is 4.57 Å². The SMILES string of the molecule is CC(C)[C@@H]1CC[C@@H](C)C[C@H]1O[P@@](=O)(Sc1ccc2ccccc2c1)c1ccccc1. The predicted octanol–water partition coefficient (Wildman–Crippen LogP) is 7.93. The quantitative estimate of drug-likeness (QED) is 0.366. The largest absolute Gasteiger partial charge is 0.314 e. The van der Waals surface area contributed by atoms with Gasteiger partial charge in [-0.2, -0.15) is 0 Å². The lowest BCUT2D eigenvalue weighted by Crippen LogP contribution is -2.34. The molecule has 2 nitrogen and oxygen atoms in total. The third kappa shape index (κ3) is 4.85. The molecule has 4 heteroatoms. The van der Waals surface area contributed by atoms with E-state index in [1.807, 2.05) is 42.5 Å². The summed E-state index contributed by atoms with van der Waals surface area (Å²) in [5.41, 5.74) is 0. The molecule has 0 aromatic heterocycles. The van der Waals surface area contributed by atoms with Crippen molar-refractivity contribution in [3.05, 3.63) is 72.8 Å². The lowest BCUT2D eigenvalue weighted by Gasteiger charge is -2.38. The lowest BCUT2D eigenvalue weighted by atomic mass is 9.75. The number of hydrogen-bond acceptors (Lipinski definition) is 3. The van der Waals surface area contributed by atoms with Gasteiger partial charge in [0.05, 0.1) is 6.10 Å². The molecule has 0 radical (unpaired) electrons. The minimum Gasteiger partial charge on any atom is -0.314 e. The Labute approximate surface area is 184 Å². The van der Waals surface area contributed by atoms with Crippen molar-refractivity contribution in [3.8, 4) is 0 Å². The van der Waals surface area contributed by atoms with Crippen LogP contribution in [0, 0.1) is 17.8 Å². The van der Waals surface area contributed by atoms with Gasteiger partial charge in [-0.05, 0) is 77.0 Å². The van der Waals surface area contributed by atoms with E-state index in [4.69, 9.17) is 4.52 Å². The molecule has 3 aromatic carbocycles. The Kier molecular flexibility index (Phi) is 6.72. The summed E-state index contributed by atoms with van der Waals surface area (Å²) >= 11 is 1.40. The van der Waals surface area contributed by atoms with Crippen molar-refractivity contribution in [3.63, 3.8) is 0 Å². The van der Waals surface area contributed by atoms with Crippen molar-refractivity contribution in [2.24, 2.45) is 17.8 Å². The minimum absolute atomic E-state index is 0.0349. The van der Waals surface area contributed by atoms with Crippen molar-refractivity contribution < 1.29 is 9.09 Å². The normalized spacial score (nSPS) is 24.1. The van der Waals surface area contributed by atoms with Crippen molar-refractivity contribution in [1.82, 2.24) is 0 Å². The van der Waals surface area contributed by atoms with Crippen LogP contribution in [0.5, 0.6) is 0 Å². The van der Waals surface area contributed by atoms with Crippen molar-refractivity contribution in [1.29, 1.82) is 0 Å². The highest BCUT2D eigenvalue weighted by Crippen LogP contribution is 2.64. The first-order valence-corrected chi connectivity index (χ1v) is 14.0. The molecule has 0 amide bonds. The van der Waals surface area contributed by atoms with Gasteiger partial charge in [0.2, 0.25) is 0 Å². The zero-order valence-corrected chi connectivity index (χ0v) is 19.7. The fraction of sp³-hybridized carbons (Fsp3) is 0.385. The maximum atomic E-state index is 14.4. The van der Waals surface area contributed by atoms with Gasteiger partial charge < -0.3 is 4.52 Å². The molecule has 0 spiro atoms. The molecule has 4 rings (SSSR count). The molecule has 0 bridgehead atoms. The second kappa shape index (κ2) is 9.30. The summed E-state index contributed by atoms with van der Waals surface area (Å²) in [6.07, 6.45) is 3.40. The van der Waals surface area contributed by atoms with Crippen molar-refractivity contribution in [2.75, 3.05) is 0 Å². The number of fused-ring (bicyclic) bond motifs is 1. The highest BCUT2D eigenvalue weighted by atomic mass is 32.7. The van der Waals surface area contributed by atoms with Crippen LogP contribution in [-0.2, 0) is 9.09 Å². The molecular formula is C26H31O2PS. The van der Waals surface area contributed by atoms with Gasteiger partial charge in [-0.25, -0.2) is 0 Å². The molecule has 1 aliphatic rings. The van der Waals surface area contributed by atoms with E-state index in [1.165, 1.54) is 23.2 Å². The Morgan fingerprint density at radius 2 is 1.63 bits per heavy atom. The van der Waals surface area contributed by atoms with E-state index < -0.39 is 6.57 Å². The van der Waals surface area contributed by atoms with Crippen molar-refractivity contribution >= 4 is 34.0 Å². The molecule has 30 heavy (non-hydrogen) atoms. The summed E-state index contributed by atoms with van der Waals surface area (Å²) in [5.74, 6) is 1.59. The van der Waals surface area contributed by atoms with Gasteiger partial charge >= 0.3 is 0 Å². The summed E-state index contributed by atoms with van der Waals surface area (Å²) < 4.78 is 21.0. The average Bonchev–Trinajstić information content (AvgIpc) is 2.74. The Morgan fingerprint density at radius 3 is 2.37 bits per heavy atom. The first-order valence-electron chi connectivity index (χ1n) is 11.0. The fourth-order valence-corrected chi connectivity index (χ4v) is 8.83. The molecule has 0 N–H and O–H groups in total. The molecule has 0 unspecified atom stereocenters. The number of hydrogen-bond donors (Lipinski definition) is 0. The molecule has 3 aromatic rings. The minimum atomic E-state index is -3.13. The Hall–Kier alpha value is -1.54. The number of rotatable bonds is 6. The Morgan fingerprint density at radius 1 is 0.933 bits per heavy atom. The highest BCUT2D eigenvalue weighted by Gasteiger charge is 2.38. The van der Waals surface area contributed by atoms with E-state index in [2.05, 4.69) is 51.1 Å². The third-order valence-electron chi connectivity index (χ3n) is 6.25. The topological polar surface area (TPSA) is 26.3 Å². The summed E-state index contributed by atoms with van der Waals surface area (Å²) in [4.78, 5) is 0.992. The van der Waals surface area contributed by atoms with Crippen LogP contribution < -0.4 is 5.30 Å². The van der Waals surface area contributed by atoms with Crippen LogP contribution in [0.4, 0.5) is 0 Å². The van der Waals surface area contributed by atoms with Crippen LogP contribution in [0.25, 0.3) is 10.8 Å². The summed E-state index contributed by atoms with van der Waals surface area (Å²) in [5, 5.41) is 3.15. The van der Waals surface area contributed by atoms with E-state index in [0.717, 1.165) is 28.4 Å². The van der Waals surface area contributed by atoms with Crippen molar-refractivity contribution in [2.45, 2.75) is 51.0 Å². The monoisotopic (exact) mass is 438 g/mol. The van der Waals surface area contributed by atoms with Crippen LogP contribution in [0.3, 0.4) is 0 Å². The molecule has 0 aliphatic heterocycles. The molecule has 1 fully saturated rings. The molecular weight excluding hydrogens is 407 g/mol. The molecule has 1 saturated carbocycles. The summed E-state index contributed by atoms with van der Waals surface area (Å²) in [6.45, 7) is 3.69. The van der Waals surface area contributed by atoms with Crippen LogP contribution in [0.15, 0.2) is 77.7 Å². The molecule has 4 atom stereocenters. The molecule has 1 aliphatic carbocycles. The molecule has 0 heterocycles. The van der Waals surface area contributed by atoms with Crippen LogP contribution >= 0.6 is 18.0 Å². The smallest absolute Gasteiger partial charge is 0.291 e.